The molecule has 1 aromatic carbocycles. The van der Waals surface area contributed by atoms with Crippen LogP contribution >= 0.6 is 0 Å². The molecular weight excluding hydrogens is 338 g/mol. The molecule has 2 aromatic rings. The van der Waals surface area contributed by atoms with Crippen molar-refractivity contribution in [3.8, 4) is 5.69 Å². The van der Waals surface area contributed by atoms with Gasteiger partial charge in [0.05, 0.1) is 11.4 Å². The minimum atomic E-state index is -0.0373. The van der Waals surface area contributed by atoms with Crippen molar-refractivity contribution in [2.45, 2.75) is 58.4 Å². The zero-order chi connectivity index (χ0) is 19.6. The second-order valence-electron chi connectivity index (χ2n) is 8.41. The molecule has 1 unspecified atom stereocenters. The molecule has 1 aromatic heterocycles. The first kappa shape index (κ1) is 19.5. The van der Waals surface area contributed by atoms with E-state index >= 15 is 0 Å². The molecule has 3 rings (SSSR count). The number of hydrogen-bond donors (Lipinski definition) is 1. The number of benzene rings is 1. The summed E-state index contributed by atoms with van der Waals surface area (Å²) in [5.41, 5.74) is 3.69. The van der Waals surface area contributed by atoms with E-state index in [1.165, 1.54) is 5.56 Å². The van der Waals surface area contributed by atoms with Gasteiger partial charge >= 0.3 is 0 Å². The van der Waals surface area contributed by atoms with E-state index in [-0.39, 0.29) is 17.4 Å². The maximum absolute atomic E-state index is 13.0. The summed E-state index contributed by atoms with van der Waals surface area (Å²) in [6, 6.07) is 8.61. The van der Waals surface area contributed by atoms with Gasteiger partial charge in [0, 0.05) is 19.6 Å². The molecule has 1 aliphatic rings. The number of rotatable bonds is 5. The summed E-state index contributed by atoms with van der Waals surface area (Å²) in [6.07, 6.45) is 2.68. The van der Waals surface area contributed by atoms with Crippen molar-refractivity contribution in [2.75, 3.05) is 20.1 Å². The fraction of sp³-hybridized carbons (Fsp3) is 0.571. The molecule has 1 amide bonds. The van der Waals surface area contributed by atoms with Gasteiger partial charge in [0.15, 0.2) is 5.69 Å². The largest absolute Gasteiger partial charge is 0.336 e. The van der Waals surface area contributed by atoms with E-state index in [9.17, 15) is 4.79 Å². The molecule has 0 bridgehead atoms. The van der Waals surface area contributed by atoms with Gasteiger partial charge in [-0.15, -0.1) is 5.10 Å². The highest BCUT2D eigenvalue weighted by Gasteiger charge is 2.28. The van der Waals surface area contributed by atoms with E-state index < -0.39 is 0 Å². The summed E-state index contributed by atoms with van der Waals surface area (Å²) in [7, 11) is 1.87. The summed E-state index contributed by atoms with van der Waals surface area (Å²) < 4.78 is 1.82. The Kier molecular flexibility index (Phi) is 5.65. The molecule has 0 saturated carbocycles. The predicted molar refractivity (Wildman–Crippen MR) is 107 cm³/mol. The fourth-order valence-corrected chi connectivity index (χ4v) is 3.54. The van der Waals surface area contributed by atoms with Crippen LogP contribution in [0, 0.1) is 0 Å². The Morgan fingerprint density at radius 1 is 1.30 bits per heavy atom. The van der Waals surface area contributed by atoms with Crippen LogP contribution in [0.3, 0.4) is 0 Å². The van der Waals surface area contributed by atoms with Crippen molar-refractivity contribution in [1.29, 1.82) is 0 Å². The minimum Gasteiger partial charge on any atom is -0.336 e. The number of amides is 1. The van der Waals surface area contributed by atoms with Crippen molar-refractivity contribution >= 4 is 5.91 Å². The Balaban J connectivity index is 1.92. The van der Waals surface area contributed by atoms with E-state index in [2.05, 4.69) is 67.6 Å². The Labute approximate surface area is 161 Å². The van der Waals surface area contributed by atoms with Crippen molar-refractivity contribution in [3.63, 3.8) is 0 Å². The van der Waals surface area contributed by atoms with Gasteiger partial charge in [0.1, 0.15) is 0 Å². The topological polar surface area (TPSA) is 63.1 Å². The lowest BCUT2D eigenvalue weighted by atomic mass is 9.87. The van der Waals surface area contributed by atoms with Crippen molar-refractivity contribution < 1.29 is 4.79 Å². The molecule has 1 aliphatic heterocycles. The van der Waals surface area contributed by atoms with Crippen LogP contribution in [-0.4, -0.2) is 52.0 Å². The monoisotopic (exact) mass is 369 g/mol. The van der Waals surface area contributed by atoms with Crippen molar-refractivity contribution in [1.82, 2.24) is 25.2 Å². The van der Waals surface area contributed by atoms with Gasteiger partial charge in [-0.2, -0.15) is 0 Å². The lowest BCUT2D eigenvalue weighted by molar-refractivity contribution is 0.0736. The summed E-state index contributed by atoms with van der Waals surface area (Å²) in [4.78, 5) is 14.9. The molecule has 0 aliphatic carbocycles. The first-order chi connectivity index (χ1) is 12.8. The smallest absolute Gasteiger partial charge is 0.276 e. The molecule has 0 spiro atoms. The molecule has 146 valence electrons. The molecule has 1 fully saturated rings. The van der Waals surface area contributed by atoms with Gasteiger partial charge < -0.3 is 10.2 Å². The number of carbonyl (C=O) groups excluding carboxylic acids is 1. The summed E-state index contributed by atoms with van der Waals surface area (Å²) >= 11 is 0. The van der Waals surface area contributed by atoms with Gasteiger partial charge in [-0.05, 0) is 42.5 Å². The van der Waals surface area contributed by atoms with Crippen LogP contribution in [0.5, 0.6) is 0 Å². The molecular formula is C21H31N5O. The van der Waals surface area contributed by atoms with Gasteiger partial charge in [0.25, 0.3) is 5.91 Å². The van der Waals surface area contributed by atoms with Crippen molar-refractivity contribution in [2.24, 2.45) is 0 Å². The third-order valence-corrected chi connectivity index (χ3v) is 5.33. The normalized spacial score (nSPS) is 17.3. The number of carbonyl (C=O) groups is 1. The van der Waals surface area contributed by atoms with E-state index in [0.717, 1.165) is 43.7 Å². The van der Waals surface area contributed by atoms with Gasteiger partial charge in [0.2, 0.25) is 0 Å². The number of likely N-dealkylation sites (N-methyl/N-ethyl adjacent to an activating group) is 1. The Morgan fingerprint density at radius 2 is 2.00 bits per heavy atom. The Morgan fingerprint density at radius 3 is 2.56 bits per heavy atom. The Hall–Kier alpha value is -2.21. The summed E-state index contributed by atoms with van der Waals surface area (Å²) in [5, 5.41) is 11.9. The maximum Gasteiger partial charge on any atom is 0.276 e. The summed E-state index contributed by atoms with van der Waals surface area (Å²) in [5.74, 6) is -0.0373. The standard InChI is InChI=1S/C21H31N5O/c1-6-7-18-19(20(27)25(5)17-12-13-22-14-17)23-24-26(18)16-10-8-15(9-11-16)21(2,3)4/h8-11,17,22H,6-7,12-14H2,1-5H3. The van der Waals surface area contributed by atoms with Crippen LogP contribution in [0.25, 0.3) is 5.69 Å². The molecule has 1 N–H and O–H groups in total. The van der Waals surface area contributed by atoms with Crippen LogP contribution in [-0.2, 0) is 11.8 Å². The van der Waals surface area contributed by atoms with Crippen molar-refractivity contribution in [3.05, 3.63) is 41.2 Å². The highest BCUT2D eigenvalue weighted by atomic mass is 16.2. The van der Waals surface area contributed by atoms with Crippen LogP contribution < -0.4 is 5.32 Å². The second kappa shape index (κ2) is 7.80. The molecule has 27 heavy (non-hydrogen) atoms. The Bertz CT molecular complexity index is 782. The molecule has 1 atom stereocenters. The van der Waals surface area contributed by atoms with Crippen LogP contribution in [0.15, 0.2) is 24.3 Å². The fourth-order valence-electron chi connectivity index (χ4n) is 3.54. The average Bonchev–Trinajstić information content (AvgIpc) is 3.30. The third-order valence-electron chi connectivity index (χ3n) is 5.33. The van der Waals surface area contributed by atoms with Crippen LogP contribution in [0.2, 0.25) is 0 Å². The molecule has 1 saturated heterocycles. The lowest BCUT2D eigenvalue weighted by Crippen LogP contribution is -2.39. The first-order valence-electron chi connectivity index (χ1n) is 9.86. The molecule has 2 heterocycles. The quantitative estimate of drug-likeness (QED) is 0.880. The van der Waals surface area contributed by atoms with Crippen LogP contribution in [0.1, 0.15) is 62.3 Å². The van der Waals surface area contributed by atoms with E-state index in [0.29, 0.717) is 5.69 Å². The number of hydrogen-bond acceptors (Lipinski definition) is 4. The van der Waals surface area contributed by atoms with Gasteiger partial charge in [-0.25, -0.2) is 4.68 Å². The van der Waals surface area contributed by atoms with E-state index in [1.54, 1.807) is 0 Å². The highest BCUT2D eigenvalue weighted by molar-refractivity contribution is 5.93. The SMILES string of the molecule is CCCc1c(C(=O)N(C)C2CCNC2)nnn1-c1ccc(C(C)(C)C)cc1. The third kappa shape index (κ3) is 4.05. The van der Waals surface area contributed by atoms with E-state index in [4.69, 9.17) is 0 Å². The van der Waals surface area contributed by atoms with E-state index in [1.807, 2.05) is 16.6 Å². The van der Waals surface area contributed by atoms with Gasteiger partial charge in [-0.1, -0.05) is 51.5 Å². The van der Waals surface area contributed by atoms with Crippen LogP contribution in [0.4, 0.5) is 0 Å². The molecule has 6 heteroatoms. The first-order valence-corrected chi connectivity index (χ1v) is 9.86. The van der Waals surface area contributed by atoms with Gasteiger partial charge in [-0.3, -0.25) is 4.79 Å². The zero-order valence-electron chi connectivity index (χ0n) is 17.1. The number of nitrogens with one attached hydrogen (secondary N) is 1. The maximum atomic E-state index is 13.0. The number of aromatic nitrogens is 3. The number of nitrogens with zero attached hydrogens (tertiary/aromatic N) is 4. The highest BCUT2D eigenvalue weighted by Crippen LogP contribution is 2.24. The average molecular weight is 370 g/mol. The molecule has 0 radical (unpaired) electrons. The second-order valence-corrected chi connectivity index (χ2v) is 8.41. The molecule has 6 nitrogen and oxygen atoms in total. The minimum absolute atomic E-state index is 0.0373. The predicted octanol–water partition coefficient (Wildman–Crippen LogP) is 2.95. The zero-order valence-corrected chi connectivity index (χ0v) is 17.1. The summed E-state index contributed by atoms with van der Waals surface area (Å²) in [6.45, 7) is 10.5. The lowest BCUT2D eigenvalue weighted by Gasteiger charge is -2.23.